The molecule has 0 saturated heterocycles. The van der Waals surface area contributed by atoms with Crippen molar-refractivity contribution in [2.75, 3.05) is 6.61 Å². The van der Waals surface area contributed by atoms with E-state index in [4.69, 9.17) is 0 Å². The van der Waals surface area contributed by atoms with Crippen LogP contribution in [0.25, 0.3) is 0 Å². The maximum absolute atomic E-state index is 11.9. The van der Waals surface area contributed by atoms with Crippen molar-refractivity contribution >= 4 is 5.78 Å². The van der Waals surface area contributed by atoms with E-state index in [0.29, 0.717) is 24.2 Å². The molecule has 0 aromatic carbocycles. The Labute approximate surface area is 139 Å². The van der Waals surface area contributed by atoms with Gasteiger partial charge >= 0.3 is 0 Å². The van der Waals surface area contributed by atoms with Crippen molar-refractivity contribution in [1.29, 1.82) is 0 Å². The van der Waals surface area contributed by atoms with E-state index >= 15 is 0 Å². The fourth-order valence-corrected chi connectivity index (χ4v) is 6.57. The van der Waals surface area contributed by atoms with Crippen LogP contribution in [0.5, 0.6) is 0 Å². The lowest BCUT2D eigenvalue weighted by Crippen LogP contribution is -2.52. The molecular formula is C21H28O2. The first-order chi connectivity index (χ1) is 11.0. The Kier molecular flexibility index (Phi) is 3.46. The maximum atomic E-state index is 11.9. The first-order valence-electron chi connectivity index (χ1n) is 9.23. The number of ketones is 1. The molecule has 2 fully saturated rings. The topological polar surface area (TPSA) is 37.3 Å². The fraction of sp³-hybridized carbons (Fsp3) is 0.667. The van der Waals surface area contributed by atoms with E-state index in [1.54, 1.807) is 0 Å². The van der Waals surface area contributed by atoms with Crippen LogP contribution in [0.1, 0.15) is 51.9 Å². The minimum absolute atomic E-state index is 0.102. The van der Waals surface area contributed by atoms with E-state index in [2.05, 4.69) is 25.7 Å². The van der Waals surface area contributed by atoms with Gasteiger partial charge in [-0.2, -0.15) is 0 Å². The fourth-order valence-electron chi connectivity index (χ4n) is 6.57. The zero-order valence-corrected chi connectivity index (χ0v) is 14.2. The first-order valence-corrected chi connectivity index (χ1v) is 9.23. The highest BCUT2D eigenvalue weighted by Gasteiger charge is 2.57. The minimum Gasteiger partial charge on any atom is -0.395 e. The molecule has 2 heteroatoms. The quantitative estimate of drug-likeness (QED) is 0.829. The lowest BCUT2D eigenvalue weighted by molar-refractivity contribution is -0.118. The normalized spacial score (nSPS) is 45.5. The van der Waals surface area contributed by atoms with Crippen LogP contribution >= 0.6 is 0 Å². The Morgan fingerprint density at radius 3 is 2.87 bits per heavy atom. The third kappa shape index (κ3) is 1.94. The molecule has 2 nitrogen and oxygen atoms in total. The third-order valence-electron chi connectivity index (χ3n) is 7.83. The van der Waals surface area contributed by atoms with Crippen molar-refractivity contribution in [3.63, 3.8) is 0 Å². The van der Waals surface area contributed by atoms with E-state index in [1.807, 2.05) is 6.08 Å². The number of rotatable bonds is 2. The second-order valence-electron chi connectivity index (χ2n) is 8.42. The number of hydrogen-bond donors (Lipinski definition) is 1. The molecule has 0 aromatic heterocycles. The zero-order chi connectivity index (χ0) is 16.2. The highest BCUT2D eigenvalue weighted by atomic mass is 16.3. The Hall–Kier alpha value is -1.15. The SMILES string of the molecule is C=CC1=CCC2C3CCC4=CC(=O)CC[C@]4(CO)C3CC[C@]12C. The first kappa shape index (κ1) is 15.4. The van der Waals surface area contributed by atoms with Crippen LogP contribution < -0.4 is 0 Å². The highest BCUT2D eigenvalue weighted by molar-refractivity contribution is 5.91. The molecule has 0 bridgehead atoms. The molecule has 124 valence electrons. The molecule has 5 atom stereocenters. The number of fused-ring (bicyclic) bond motifs is 5. The van der Waals surface area contributed by atoms with Gasteiger partial charge in [-0.3, -0.25) is 4.79 Å². The monoisotopic (exact) mass is 312 g/mol. The molecule has 2 saturated carbocycles. The molecule has 1 N–H and O–H groups in total. The largest absolute Gasteiger partial charge is 0.395 e. The van der Waals surface area contributed by atoms with Crippen LogP contribution in [-0.4, -0.2) is 17.5 Å². The standard InChI is InChI=1S/C21H28O2/c1-3-14-5-7-18-17-6-4-15-12-16(23)8-11-21(15,13-22)19(17)9-10-20(14,18)2/h3,5,12,17-19,22H,1,4,6-11,13H2,2H3/t17?,18?,19?,20-,21-/m1/s1. The second-order valence-corrected chi connectivity index (χ2v) is 8.42. The summed E-state index contributed by atoms with van der Waals surface area (Å²) in [6, 6.07) is 0. The number of allylic oxidation sites excluding steroid dienone is 4. The van der Waals surface area contributed by atoms with Crippen LogP contribution in [0.2, 0.25) is 0 Å². The molecular weight excluding hydrogens is 284 g/mol. The number of aliphatic hydroxyl groups is 1. The lowest BCUT2D eigenvalue weighted by Gasteiger charge is -2.58. The summed E-state index contributed by atoms with van der Waals surface area (Å²) in [6.45, 7) is 6.68. The van der Waals surface area contributed by atoms with Gasteiger partial charge in [0.15, 0.2) is 5.78 Å². The summed E-state index contributed by atoms with van der Waals surface area (Å²) in [7, 11) is 0. The summed E-state index contributed by atoms with van der Waals surface area (Å²) in [5.41, 5.74) is 2.88. The lowest BCUT2D eigenvalue weighted by atomic mass is 9.46. The number of carbonyl (C=O) groups excluding carboxylic acids is 1. The average Bonchev–Trinajstić information content (AvgIpc) is 2.90. The van der Waals surface area contributed by atoms with Crippen molar-refractivity contribution in [3.05, 3.63) is 36.0 Å². The molecule has 0 aromatic rings. The summed E-state index contributed by atoms with van der Waals surface area (Å²) in [5.74, 6) is 2.19. The number of aliphatic hydroxyl groups excluding tert-OH is 1. The summed E-state index contributed by atoms with van der Waals surface area (Å²) in [5, 5.41) is 10.3. The van der Waals surface area contributed by atoms with E-state index in [1.165, 1.54) is 36.8 Å². The highest BCUT2D eigenvalue weighted by Crippen LogP contribution is 2.65. The van der Waals surface area contributed by atoms with Gasteiger partial charge in [0.2, 0.25) is 0 Å². The Morgan fingerprint density at radius 2 is 2.13 bits per heavy atom. The van der Waals surface area contributed by atoms with Gasteiger partial charge in [-0.05, 0) is 73.3 Å². The van der Waals surface area contributed by atoms with Crippen molar-refractivity contribution in [1.82, 2.24) is 0 Å². The van der Waals surface area contributed by atoms with Gasteiger partial charge in [0.25, 0.3) is 0 Å². The summed E-state index contributed by atoms with van der Waals surface area (Å²) < 4.78 is 0. The van der Waals surface area contributed by atoms with Crippen LogP contribution in [0, 0.1) is 28.6 Å². The smallest absolute Gasteiger partial charge is 0.155 e. The molecule has 0 amide bonds. The second kappa shape index (κ2) is 5.17. The van der Waals surface area contributed by atoms with Crippen LogP contribution in [0.4, 0.5) is 0 Å². The molecule has 0 aliphatic heterocycles. The molecule has 0 spiro atoms. The van der Waals surface area contributed by atoms with Crippen LogP contribution in [0.15, 0.2) is 36.0 Å². The van der Waals surface area contributed by atoms with Gasteiger partial charge in [0.05, 0.1) is 6.61 Å². The molecule has 4 aliphatic rings. The Morgan fingerprint density at radius 1 is 1.30 bits per heavy atom. The van der Waals surface area contributed by atoms with E-state index < -0.39 is 0 Å². The van der Waals surface area contributed by atoms with Crippen molar-refractivity contribution in [2.45, 2.75) is 51.9 Å². The Balaban J connectivity index is 1.71. The van der Waals surface area contributed by atoms with Gasteiger partial charge in [0, 0.05) is 11.8 Å². The summed E-state index contributed by atoms with van der Waals surface area (Å²) >= 11 is 0. The van der Waals surface area contributed by atoms with Crippen LogP contribution in [-0.2, 0) is 4.79 Å². The van der Waals surface area contributed by atoms with Gasteiger partial charge in [0.1, 0.15) is 0 Å². The average molecular weight is 312 g/mol. The molecule has 4 aliphatic carbocycles. The van der Waals surface area contributed by atoms with Gasteiger partial charge in [-0.15, -0.1) is 0 Å². The van der Waals surface area contributed by atoms with E-state index in [0.717, 1.165) is 12.8 Å². The van der Waals surface area contributed by atoms with Gasteiger partial charge in [-0.25, -0.2) is 0 Å². The number of carbonyl (C=O) groups is 1. The van der Waals surface area contributed by atoms with Gasteiger partial charge < -0.3 is 5.11 Å². The predicted molar refractivity (Wildman–Crippen MR) is 91.8 cm³/mol. The Bertz CT molecular complexity index is 613. The van der Waals surface area contributed by atoms with Crippen molar-refractivity contribution < 1.29 is 9.90 Å². The maximum Gasteiger partial charge on any atom is 0.155 e. The van der Waals surface area contributed by atoms with E-state index in [-0.39, 0.29) is 23.2 Å². The van der Waals surface area contributed by atoms with E-state index in [9.17, 15) is 9.90 Å². The molecule has 0 radical (unpaired) electrons. The van der Waals surface area contributed by atoms with Crippen molar-refractivity contribution in [3.8, 4) is 0 Å². The molecule has 4 rings (SSSR count). The summed E-state index contributed by atoms with van der Waals surface area (Å²) in [4.78, 5) is 11.9. The minimum atomic E-state index is -0.102. The van der Waals surface area contributed by atoms with Crippen LogP contribution in [0.3, 0.4) is 0 Å². The summed E-state index contributed by atoms with van der Waals surface area (Å²) in [6.07, 6.45) is 13.6. The van der Waals surface area contributed by atoms with Crippen molar-refractivity contribution in [2.24, 2.45) is 28.6 Å². The van der Waals surface area contributed by atoms with Gasteiger partial charge in [-0.1, -0.05) is 31.2 Å². The molecule has 0 heterocycles. The molecule has 3 unspecified atom stereocenters. The molecule has 23 heavy (non-hydrogen) atoms. The third-order valence-corrected chi connectivity index (χ3v) is 7.83. The zero-order valence-electron chi connectivity index (χ0n) is 14.2. The predicted octanol–water partition coefficient (Wildman–Crippen LogP) is 4.21. The number of hydrogen-bond acceptors (Lipinski definition) is 2.